The Morgan fingerprint density at radius 1 is 0.473 bits per heavy atom. The number of hydrogen-bond donors (Lipinski definition) is 0. The second kappa shape index (κ2) is 33.7. The Kier molecular flexibility index (Phi) is 32.2. The van der Waals surface area contributed by atoms with Gasteiger partial charge >= 0.3 is 16.5 Å². The van der Waals surface area contributed by atoms with Gasteiger partial charge in [0.2, 0.25) is 11.4 Å². The molecule has 0 N–H and O–H groups in total. The van der Waals surface area contributed by atoms with Gasteiger partial charge in [0, 0.05) is 23.1 Å². The summed E-state index contributed by atoms with van der Waals surface area (Å²) < 4.78 is 1.53. The molecule has 0 radical (unpaired) electrons. The van der Waals surface area contributed by atoms with Gasteiger partial charge in [0.05, 0.1) is 0 Å². The molecule has 0 saturated heterocycles. The quantitative estimate of drug-likeness (QED) is 0.0258. The number of aryl methyl sites for hydroxylation is 2. The molecule has 310 valence electrons. The first-order valence-electron chi connectivity index (χ1n) is 22.3. The second-order valence-electron chi connectivity index (χ2n) is 15.6. The van der Waals surface area contributed by atoms with E-state index in [0.717, 1.165) is 66.6 Å². The summed E-state index contributed by atoms with van der Waals surface area (Å²) in [5.41, 5.74) is 21.3. The van der Waals surface area contributed by atoms with Crippen molar-refractivity contribution in [2.75, 3.05) is 0 Å². The maximum absolute atomic E-state index is 12.3. The third-order valence-corrected chi connectivity index (χ3v) is 10.9. The number of nitrogens with zero attached hydrogens (tertiary/aromatic N) is 2. The molecule has 1 heterocycles. The van der Waals surface area contributed by atoms with E-state index in [1.54, 1.807) is 0 Å². The van der Waals surface area contributed by atoms with Gasteiger partial charge in [-0.25, -0.2) is 4.70 Å². The molecule has 1 aliphatic rings. The molecule has 3 heteroatoms. The Balaban J connectivity index is 0.00000972. The standard InChI is InChI=1S/C50H76N2.2CH3.Ni/c1-5-9-13-16-19-20-21-22-23-26-30-40-48-47(39-27-12-8-4)49(45-37-31-35-43(41-45)33-28-24-17-14-10-6-2)52(51)50(48)46-38-32-36-44(42-46)34-29-25-18-15-11-7-3;;;/h31-32,35-38,41-42H,5-29,33-34,39H2,1-4H3;2*1H3;/q;2*-1;+2. The monoisotopic (exact) mass is 793 g/mol. The molecule has 2 nitrogen and oxygen atoms in total. The molecule has 55 heavy (non-hydrogen) atoms. The summed E-state index contributed by atoms with van der Waals surface area (Å²) in [6, 6.07) is 18.0. The van der Waals surface area contributed by atoms with Gasteiger partial charge in [-0.05, 0) is 80.3 Å². The first-order valence-corrected chi connectivity index (χ1v) is 22.3. The topological polar surface area (TPSA) is 25.3 Å². The van der Waals surface area contributed by atoms with E-state index in [1.165, 1.54) is 163 Å². The molecule has 0 saturated carbocycles. The van der Waals surface area contributed by atoms with E-state index >= 15 is 0 Å². The van der Waals surface area contributed by atoms with Gasteiger partial charge < -0.3 is 20.4 Å². The van der Waals surface area contributed by atoms with E-state index in [9.17, 15) is 5.53 Å². The molecule has 1 aliphatic heterocycles. The molecule has 3 rings (SSSR count). The van der Waals surface area contributed by atoms with Gasteiger partial charge in [-0.15, -0.1) is 0 Å². The van der Waals surface area contributed by atoms with Crippen LogP contribution in [-0.4, -0.2) is 4.70 Å². The third-order valence-electron chi connectivity index (χ3n) is 10.9. The van der Waals surface area contributed by atoms with Gasteiger partial charge in [-0.2, -0.15) is 0 Å². The van der Waals surface area contributed by atoms with Crippen LogP contribution in [0.1, 0.15) is 217 Å². The Morgan fingerprint density at radius 2 is 0.855 bits per heavy atom. The van der Waals surface area contributed by atoms with Crippen LogP contribution in [0.25, 0.3) is 16.9 Å². The molecule has 0 bridgehead atoms. The molecule has 0 fully saturated rings. The molecule has 0 aromatic heterocycles. The minimum Gasteiger partial charge on any atom is -0.493 e. The van der Waals surface area contributed by atoms with Crippen molar-refractivity contribution >= 4 is 11.4 Å². The van der Waals surface area contributed by atoms with E-state index in [4.69, 9.17) is 0 Å². The molecular weight excluding hydrogens is 711 g/mol. The summed E-state index contributed by atoms with van der Waals surface area (Å²) in [5.74, 6) is 7.31. The first kappa shape index (κ1) is 52.6. The van der Waals surface area contributed by atoms with Crippen LogP contribution in [0.3, 0.4) is 0 Å². The fourth-order valence-electron chi connectivity index (χ4n) is 7.74. The zero-order chi connectivity index (χ0) is 37.1. The van der Waals surface area contributed by atoms with Crippen molar-refractivity contribution in [3.05, 3.63) is 102 Å². The predicted molar refractivity (Wildman–Crippen MR) is 241 cm³/mol. The minimum atomic E-state index is 0. The van der Waals surface area contributed by atoms with E-state index < -0.39 is 0 Å². The SMILES string of the molecule is CCCCCCCCCCCC#CC1=C(c2cccc(CCCCCCCC)c2)[N+](=[N-])C(c2cccc(CCCCCCCC)c2)=C1CCCCC.[CH3-].[CH3-].[Ni+2]. The molecule has 0 atom stereocenters. The van der Waals surface area contributed by atoms with Crippen LogP contribution >= 0.6 is 0 Å². The van der Waals surface area contributed by atoms with Gasteiger partial charge in [-0.1, -0.05) is 192 Å². The number of hydrogen-bond acceptors (Lipinski definition) is 0. The van der Waals surface area contributed by atoms with Gasteiger partial charge in [0.1, 0.15) is 5.57 Å². The maximum Gasteiger partial charge on any atom is 2.00 e. The summed E-state index contributed by atoms with van der Waals surface area (Å²) in [6.07, 6.45) is 35.1. The van der Waals surface area contributed by atoms with Gasteiger partial charge in [0.25, 0.3) is 0 Å². The van der Waals surface area contributed by atoms with E-state index in [0.29, 0.717) is 0 Å². The third kappa shape index (κ3) is 20.0. The summed E-state index contributed by atoms with van der Waals surface area (Å²) in [7, 11) is 0. The summed E-state index contributed by atoms with van der Waals surface area (Å²) in [6.45, 7) is 9.13. The summed E-state index contributed by atoms with van der Waals surface area (Å²) in [4.78, 5) is 0. The second-order valence-corrected chi connectivity index (χ2v) is 15.6. The zero-order valence-electron chi connectivity index (χ0n) is 36.6. The Bertz CT molecular complexity index is 1420. The van der Waals surface area contributed by atoms with Gasteiger partial charge in [-0.3, -0.25) is 0 Å². The van der Waals surface area contributed by atoms with Crippen molar-refractivity contribution in [2.24, 2.45) is 0 Å². The van der Waals surface area contributed by atoms with Crippen LogP contribution in [-0.2, 0) is 29.3 Å². The molecule has 2 aromatic carbocycles. The van der Waals surface area contributed by atoms with Crippen LogP contribution in [0.15, 0.2) is 59.7 Å². The average molecular weight is 794 g/mol. The zero-order valence-corrected chi connectivity index (χ0v) is 37.6. The largest absolute Gasteiger partial charge is 2.00 e. The van der Waals surface area contributed by atoms with E-state index in [2.05, 4.69) is 88.1 Å². The van der Waals surface area contributed by atoms with Gasteiger partial charge in [0.15, 0.2) is 0 Å². The minimum absolute atomic E-state index is 0. The van der Waals surface area contributed by atoms with Crippen molar-refractivity contribution in [1.29, 1.82) is 0 Å². The van der Waals surface area contributed by atoms with Crippen molar-refractivity contribution in [3.63, 3.8) is 0 Å². The average Bonchev–Trinajstić information content (AvgIpc) is 3.44. The van der Waals surface area contributed by atoms with Crippen LogP contribution in [0, 0.1) is 26.7 Å². The predicted octanol–water partition coefficient (Wildman–Crippen LogP) is 17.1. The van der Waals surface area contributed by atoms with Crippen LogP contribution in [0.4, 0.5) is 0 Å². The Morgan fingerprint density at radius 3 is 1.33 bits per heavy atom. The summed E-state index contributed by atoms with van der Waals surface area (Å²) >= 11 is 0. The normalized spacial score (nSPS) is 12.3. The van der Waals surface area contributed by atoms with Crippen LogP contribution < -0.4 is 0 Å². The van der Waals surface area contributed by atoms with Crippen LogP contribution in [0.5, 0.6) is 0 Å². The maximum atomic E-state index is 12.3. The number of allylic oxidation sites excluding steroid dienone is 2. The molecule has 0 aliphatic carbocycles. The van der Waals surface area contributed by atoms with Crippen LogP contribution in [0.2, 0.25) is 0 Å². The fourth-order valence-corrected chi connectivity index (χ4v) is 7.74. The fraction of sp³-hybridized carbons (Fsp3) is 0.615. The van der Waals surface area contributed by atoms with Crippen molar-refractivity contribution in [3.8, 4) is 11.8 Å². The smallest absolute Gasteiger partial charge is 0.493 e. The number of benzene rings is 2. The van der Waals surface area contributed by atoms with E-state index in [1.807, 2.05) is 0 Å². The molecular formula is C52H82N2Ni. The van der Waals surface area contributed by atoms with Crippen molar-refractivity contribution < 1.29 is 21.2 Å². The molecule has 2 aromatic rings. The van der Waals surface area contributed by atoms with Crippen molar-refractivity contribution in [2.45, 2.75) is 207 Å². The number of rotatable bonds is 29. The van der Waals surface area contributed by atoms with E-state index in [-0.39, 0.29) is 31.3 Å². The summed E-state index contributed by atoms with van der Waals surface area (Å²) in [5, 5.41) is 0. The Labute approximate surface area is 352 Å². The molecule has 0 unspecified atom stereocenters. The number of unbranched alkanes of at least 4 members (excludes halogenated alkanes) is 21. The Hall–Kier alpha value is -2.43. The first-order chi connectivity index (χ1) is 25.6. The molecule has 0 spiro atoms. The molecule has 0 amide bonds. The van der Waals surface area contributed by atoms with Crippen molar-refractivity contribution in [1.82, 2.24) is 0 Å².